The van der Waals surface area contributed by atoms with Crippen molar-refractivity contribution in [2.24, 2.45) is 11.8 Å². The molecule has 1 saturated heterocycles. The fraction of sp³-hybridized carbons (Fsp3) is 0.857. The first kappa shape index (κ1) is 13.4. The van der Waals surface area contributed by atoms with Crippen LogP contribution in [0.5, 0.6) is 0 Å². The van der Waals surface area contributed by atoms with Crippen molar-refractivity contribution < 1.29 is 9.59 Å². The molecule has 1 saturated carbocycles. The number of hydrogen-bond acceptors (Lipinski definition) is 2. The highest BCUT2D eigenvalue weighted by Crippen LogP contribution is 2.32. The van der Waals surface area contributed by atoms with E-state index in [0.717, 1.165) is 13.0 Å². The molecule has 2 fully saturated rings. The van der Waals surface area contributed by atoms with E-state index in [2.05, 4.69) is 19.2 Å². The van der Waals surface area contributed by atoms with Gasteiger partial charge in [-0.1, -0.05) is 20.8 Å². The third-order valence-corrected chi connectivity index (χ3v) is 3.83. The molecule has 2 amide bonds. The van der Waals surface area contributed by atoms with Gasteiger partial charge in [0, 0.05) is 6.54 Å². The molecule has 0 aromatic rings. The zero-order valence-electron chi connectivity index (χ0n) is 11.6. The molecule has 0 aromatic carbocycles. The van der Waals surface area contributed by atoms with Gasteiger partial charge >= 0.3 is 0 Å². The van der Waals surface area contributed by atoms with Gasteiger partial charge in [0.15, 0.2) is 0 Å². The first-order valence-electron chi connectivity index (χ1n) is 7.13. The summed E-state index contributed by atoms with van der Waals surface area (Å²) < 4.78 is 0. The van der Waals surface area contributed by atoms with Crippen molar-refractivity contribution in [3.05, 3.63) is 0 Å². The van der Waals surface area contributed by atoms with Gasteiger partial charge in [-0.25, -0.2) is 0 Å². The van der Waals surface area contributed by atoms with E-state index in [1.807, 2.05) is 11.8 Å². The maximum atomic E-state index is 12.4. The lowest BCUT2D eigenvalue weighted by Crippen LogP contribution is -2.63. The van der Waals surface area contributed by atoms with E-state index in [0.29, 0.717) is 18.3 Å². The molecule has 2 rings (SSSR count). The maximum Gasteiger partial charge on any atom is 0.245 e. The highest BCUT2D eigenvalue weighted by Gasteiger charge is 2.41. The Morgan fingerprint density at radius 2 is 2.00 bits per heavy atom. The molecule has 1 N–H and O–H groups in total. The van der Waals surface area contributed by atoms with Crippen LogP contribution < -0.4 is 5.32 Å². The molecule has 0 bridgehead atoms. The number of carbonyl (C=O) groups excluding carboxylic acids is 2. The SMILES string of the molecule is CCC1NC(=O)C(CC(C)C)N(CC2CC2)C1=O. The first-order valence-corrected chi connectivity index (χ1v) is 7.13. The average molecular weight is 252 g/mol. The van der Waals surface area contributed by atoms with E-state index >= 15 is 0 Å². The summed E-state index contributed by atoms with van der Waals surface area (Å²) >= 11 is 0. The molecule has 18 heavy (non-hydrogen) atoms. The molecular weight excluding hydrogens is 228 g/mol. The topological polar surface area (TPSA) is 49.4 Å². The predicted octanol–water partition coefficient (Wildman–Crippen LogP) is 1.55. The smallest absolute Gasteiger partial charge is 0.245 e. The third-order valence-electron chi connectivity index (χ3n) is 3.83. The highest BCUT2D eigenvalue weighted by atomic mass is 16.2. The normalized spacial score (nSPS) is 28.8. The van der Waals surface area contributed by atoms with Gasteiger partial charge in [0.1, 0.15) is 12.1 Å². The molecule has 4 nitrogen and oxygen atoms in total. The van der Waals surface area contributed by atoms with Crippen LogP contribution >= 0.6 is 0 Å². The second kappa shape index (κ2) is 5.29. The molecule has 4 heteroatoms. The minimum Gasteiger partial charge on any atom is -0.343 e. The van der Waals surface area contributed by atoms with E-state index in [-0.39, 0.29) is 23.9 Å². The van der Waals surface area contributed by atoms with Gasteiger partial charge in [0.05, 0.1) is 0 Å². The standard InChI is InChI=1S/C14H24N2O2/c1-4-11-14(18)16(8-10-5-6-10)12(7-9(2)3)13(17)15-11/h9-12H,4-8H2,1-3H3,(H,15,17). The molecule has 2 atom stereocenters. The van der Waals surface area contributed by atoms with Crippen molar-refractivity contribution in [3.63, 3.8) is 0 Å². The fourth-order valence-corrected chi connectivity index (χ4v) is 2.58. The summed E-state index contributed by atoms with van der Waals surface area (Å²) in [6.07, 6.45) is 3.86. The molecule has 0 spiro atoms. The number of carbonyl (C=O) groups is 2. The lowest BCUT2D eigenvalue weighted by Gasteiger charge is -2.39. The van der Waals surface area contributed by atoms with Gasteiger partial charge in [-0.15, -0.1) is 0 Å². The molecule has 0 radical (unpaired) electrons. The Morgan fingerprint density at radius 1 is 1.33 bits per heavy atom. The second-order valence-electron chi connectivity index (χ2n) is 6.05. The Balaban J connectivity index is 2.12. The van der Waals surface area contributed by atoms with Crippen molar-refractivity contribution >= 4 is 11.8 Å². The molecule has 2 unspecified atom stereocenters. The quantitative estimate of drug-likeness (QED) is 0.807. The lowest BCUT2D eigenvalue weighted by atomic mass is 9.97. The van der Waals surface area contributed by atoms with E-state index in [1.54, 1.807) is 0 Å². The summed E-state index contributed by atoms with van der Waals surface area (Å²) in [6.45, 7) is 6.92. The minimum atomic E-state index is -0.306. The van der Waals surface area contributed by atoms with Crippen molar-refractivity contribution in [1.29, 1.82) is 0 Å². The monoisotopic (exact) mass is 252 g/mol. The van der Waals surface area contributed by atoms with E-state index in [9.17, 15) is 9.59 Å². The summed E-state index contributed by atoms with van der Waals surface area (Å²) in [6, 6.07) is -0.555. The number of piperazine rings is 1. The highest BCUT2D eigenvalue weighted by molar-refractivity contribution is 5.96. The van der Waals surface area contributed by atoms with E-state index < -0.39 is 0 Å². The average Bonchev–Trinajstić information content (AvgIpc) is 3.11. The Hall–Kier alpha value is -1.06. The summed E-state index contributed by atoms with van der Waals surface area (Å²) in [4.78, 5) is 26.4. The van der Waals surface area contributed by atoms with Crippen LogP contribution in [0, 0.1) is 11.8 Å². The first-order chi connectivity index (χ1) is 8.52. The molecule has 1 aliphatic carbocycles. The van der Waals surface area contributed by atoms with Gasteiger partial charge < -0.3 is 10.2 Å². The van der Waals surface area contributed by atoms with Crippen LogP contribution in [0.1, 0.15) is 46.5 Å². The van der Waals surface area contributed by atoms with Crippen LogP contribution in [-0.2, 0) is 9.59 Å². The van der Waals surface area contributed by atoms with Crippen LogP contribution in [0.3, 0.4) is 0 Å². The zero-order valence-corrected chi connectivity index (χ0v) is 11.6. The Labute approximate surface area is 109 Å². The predicted molar refractivity (Wildman–Crippen MR) is 69.9 cm³/mol. The number of nitrogens with one attached hydrogen (secondary N) is 1. The van der Waals surface area contributed by atoms with Crippen LogP contribution in [0.15, 0.2) is 0 Å². The maximum absolute atomic E-state index is 12.4. The summed E-state index contributed by atoms with van der Waals surface area (Å²) in [5.74, 6) is 1.21. The molecule has 1 heterocycles. The minimum absolute atomic E-state index is 0.0378. The van der Waals surface area contributed by atoms with Gasteiger partial charge in [-0.2, -0.15) is 0 Å². The summed E-state index contributed by atoms with van der Waals surface area (Å²) in [7, 11) is 0. The molecule has 1 aliphatic heterocycles. The van der Waals surface area contributed by atoms with Crippen molar-refractivity contribution in [2.75, 3.05) is 6.54 Å². The van der Waals surface area contributed by atoms with Crippen LogP contribution in [0.25, 0.3) is 0 Å². The Morgan fingerprint density at radius 3 is 2.50 bits per heavy atom. The molecule has 102 valence electrons. The third kappa shape index (κ3) is 2.85. The molecule has 2 aliphatic rings. The van der Waals surface area contributed by atoms with E-state index in [1.165, 1.54) is 12.8 Å². The fourth-order valence-electron chi connectivity index (χ4n) is 2.58. The van der Waals surface area contributed by atoms with Gasteiger partial charge in [-0.3, -0.25) is 9.59 Å². The van der Waals surface area contributed by atoms with Crippen molar-refractivity contribution in [2.45, 2.75) is 58.5 Å². The van der Waals surface area contributed by atoms with Gasteiger partial charge in [-0.05, 0) is 37.5 Å². The second-order valence-corrected chi connectivity index (χ2v) is 6.05. The zero-order chi connectivity index (χ0) is 13.3. The molecular formula is C14H24N2O2. The van der Waals surface area contributed by atoms with Gasteiger partial charge in [0.25, 0.3) is 0 Å². The Bertz CT molecular complexity index is 337. The largest absolute Gasteiger partial charge is 0.343 e. The number of hydrogen-bond donors (Lipinski definition) is 1. The van der Waals surface area contributed by atoms with Gasteiger partial charge in [0.2, 0.25) is 11.8 Å². The van der Waals surface area contributed by atoms with Crippen LogP contribution in [0.4, 0.5) is 0 Å². The molecule has 0 aromatic heterocycles. The van der Waals surface area contributed by atoms with Crippen LogP contribution in [-0.4, -0.2) is 35.3 Å². The van der Waals surface area contributed by atoms with Crippen molar-refractivity contribution in [3.8, 4) is 0 Å². The summed E-state index contributed by atoms with van der Waals surface area (Å²) in [5, 5.41) is 2.86. The van der Waals surface area contributed by atoms with Crippen LogP contribution in [0.2, 0.25) is 0 Å². The number of nitrogens with zero attached hydrogens (tertiary/aromatic N) is 1. The van der Waals surface area contributed by atoms with Crippen molar-refractivity contribution in [1.82, 2.24) is 10.2 Å². The number of rotatable bonds is 5. The summed E-state index contributed by atoms with van der Waals surface area (Å²) in [5.41, 5.74) is 0. The lowest BCUT2D eigenvalue weighted by molar-refractivity contribution is -0.150. The number of amides is 2. The Kier molecular flexibility index (Phi) is 3.93. The van der Waals surface area contributed by atoms with E-state index in [4.69, 9.17) is 0 Å².